The standard InChI is InChI=1S/C28H42N2O2/c1-7-8-9-10-19-30(23-14-16-24(32-6)17-15-23)20-18-27(31)29-28-25(21(2)3)12-11-13-26(28)22(4)5/h11-17,21-22H,7-10,18-20H2,1-6H3,(H,29,31). The van der Waals surface area contributed by atoms with Crippen LogP contribution in [-0.4, -0.2) is 26.1 Å². The molecule has 0 saturated carbocycles. The van der Waals surface area contributed by atoms with E-state index in [4.69, 9.17) is 4.74 Å². The van der Waals surface area contributed by atoms with Crippen LogP contribution in [0.4, 0.5) is 11.4 Å². The molecule has 0 bridgehead atoms. The zero-order valence-electron chi connectivity index (χ0n) is 20.9. The predicted octanol–water partition coefficient (Wildman–Crippen LogP) is 7.36. The first-order chi connectivity index (χ1) is 15.4. The van der Waals surface area contributed by atoms with Gasteiger partial charge < -0.3 is 15.0 Å². The summed E-state index contributed by atoms with van der Waals surface area (Å²) >= 11 is 0. The zero-order valence-corrected chi connectivity index (χ0v) is 20.9. The van der Waals surface area contributed by atoms with Crippen LogP contribution in [0.1, 0.15) is 89.7 Å². The molecule has 0 spiro atoms. The van der Waals surface area contributed by atoms with Gasteiger partial charge in [0.15, 0.2) is 0 Å². The fourth-order valence-electron chi connectivity index (χ4n) is 4.03. The van der Waals surface area contributed by atoms with Crippen molar-refractivity contribution >= 4 is 17.3 Å². The molecule has 0 heterocycles. The number of benzene rings is 2. The average molecular weight is 439 g/mol. The number of hydrogen-bond donors (Lipinski definition) is 1. The van der Waals surface area contributed by atoms with Gasteiger partial charge in [0.2, 0.25) is 5.91 Å². The molecule has 0 radical (unpaired) electrons. The molecule has 1 N–H and O–H groups in total. The van der Waals surface area contributed by atoms with E-state index in [9.17, 15) is 4.79 Å². The van der Waals surface area contributed by atoms with Crippen LogP contribution in [0.15, 0.2) is 42.5 Å². The minimum absolute atomic E-state index is 0.0760. The maximum absolute atomic E-state index is 13.0. The molecular weight excluding hydrogens is 396 g/mol. The van der Waals surface area contributed by atoms with Crippen molar-refractivity contribution in [2.45, 2.75) is 78.6 Å². The Labute approximate surface area is 195 Å². The van der Waals surface area contributed by atoms with Gasteiger partial charge in [-0.05, 0) is 53.6 Å². The van der Waals surface area contributed by atoms with Crippen molar-refractivity contribution in [1.29, 1.82) is 0 Å². The Morgan fingerprint density at radius 1 is 0.906 bits per heavy atom. The summed E-state index contributed by atoms with van der Waals surface area (Å²) in [4.78, 5) is 15.3. The number of nitrogens with one attached hydrogen (secondary N) is 1. The van der Waals surface area contributed by atoms with E-state index in [-0.39, 0.29) is 5.91 Å². The molecule has 0 saturated heterocycles. The number of carbonyl (C=O) groups excluding carboxylic acids is 1. The second kappa shape index (κ2) is 13.1. The second-order valence-electron chi connectivity index (χ2n) is 9.16. The van der Waals surface area contributed by atoms with E-state index in [1.54, 1.807) is 7.11 Å². The molecule has 0 aromatic heterocycles. The van der Waals surface area contributed by atoms with Crippen LogP contribution >= 0.6 is 0 Å². The highest BCUT2D eigenvalue weighted by Crippen LogP contribution is 2.32. The number of para-hydroxylation sites is 1. The van der Waals surface area contributed by atoms with Crippen molar-refractivity contribution in [3.63, 3.8) is 0 Å². The van der Waals surface area contributed by atoms with E-state index in [1.165, 1.54) is 30.4 Å². The van der Waals surface area contributed by atoms with Crippen molar-refractivity contribution < 1.29 is 9.53 Å². The maximum atomic E-state index is 13.0. The van der Waals surface area contributed by atoms with Crippen LogP contribution in [0.2, 0.25) is 0 Å². The summed E-state index contributed by atoms with van der Waals surface area (Å²) in [6, 6.07) is 14.5. The first-order valence-corrected chi connectivity index (χ1v) is 12.2. The summed E-state index contributed by atoms with van der Waals surface area (Å²) in [6.45, 7) is 12.6. The minimum atomic E-state index is 0.0760. The van der Waals surface area contributed by atoms with E-state index in [0.717, 1.165) is 30.1 Å². The lowest BCUT2D eigenvalue weighted by atomic mass is 9.92. The maximum Gasteiger partial charge on any atom is 0.226 e. The largest absolute Gasteiger partial charge is 0.497 e. The summed E-state index contributed by atoms with van der Waals surface area (Å²) in [5.74, 6) is 1.65. The number of anilines is 2. The molecule has 0 unspecified atom stereocenters. The zero-order chi connectivity index (χ0) is 23.5. The Morgan fingerprint density at radius 2 is 1.53 bits per heavy atom. The molecule has 0 atom stereocenters. The molecule has 0 aliphatic heterocycles. The molecule has 4 heteroatoms. The van der Waals surface area contributed by atoms with E-state index >= 15 is 0 Å². The first-order valence-electron chi connectivity index (χ1n) is 12.2. The average Bonchev–Trinajstić information content (AvgIpc) is 2.78. The van der Waals surface area contributed by atoms with Gasteiger partial charge in [0, 0.05) is 30.9 Å². The normalized spacial score (nSPS) is 11.1. The molecule has 0 aliphatic carbocycles. The summed E-state index contributed by atoms with van der Waals surface area (Å²) < 4.78 is 5.30. The van der Waals surface area contributed by atoms with Crippen molar-refractivity contribution in [2.75, 3.05) is 30.4 Å². The lowest BCUT2D eigenvalue weighted by Gasteiger charge is -2.25. The van der Waals surface area contributed by atoms with E-state index in [0.29, 0.717) is 24.8 Å². The Balaban J connectivity index is 2.10. The van der Waals surface area contributed by atoms with Crippen molar-refractivity contribution in [3.8, 4) is 5.75 Å². The SMILES string of the molecule is CCCCCCN(CCC(=O)Nc1c(C(C)C)cccc1C(C)C)c1ccc(OC)cc1. The number of amides is 1. The van der Waals surface area contributed by atoms with Crippen LogP contribution in [-0.2, 0) is 4.79 Å². The molecule has 2 rings (SSSR count). The molecule has 32 heavy (non-hydrogen) atoms. The fourth-order valence-corrected chi connectivity index (χ4v) is 4.03. The molecule has 0 aliphatic rings. The van der Waals surface area contributed by atoms with Crippen molar-refractivity contribution in [3.05, 3.63) is 53.6 Å². The quantitative estimate of drug-likeness (QED) is 0.332. The number of methoxy groups -OCH3 is 1. The van der Waals surface area contributed by atoms with Gasteiger partial charge in [0.05, 0.1) is 7.11 Å². The van der Waals surface area contributed by atoms with E-state index < -0.39 is 0 Å². The summed E-state index contributed by atoms with van der Waals surface area (Å²) in [5, 5.41) is 3.26. The number of carbonyl (C=O) groups is 1. The molecule has 1 amide bonds. The number of ether oxygens (including phenoxy) is 1. The summed E-state index contributed by atoms with van der Waals surface area (Å²) in [7, 11) is 1.68. The van der Waals surface area contributed by atoms with Gasteiger partial charge in [-0.1, -0.05) is 72.1 Å². The van der Waals surface area contributed by atoms with Crippen LogP contribution in [0.3, 0.4) is 0 Å². The van der Waals surface area contributed by atoms with Crippen LogP contribution in [0, 0.1) is 0 Å². The Kier molecular flexibility index (Phi) is 10.6. The monoisotopic (exact) mass is 438 g/mol. The smallest absolute Gasteiger partial charge is 0.226 e. The predicted molar refractivity (Wildman–Crippen MR) is 137 cm³/mol. The van der Waals surface area contributed by atoms with Crippen LogP contribution in [0.5, 0.6) is 5.75 Å². The highest BCUT2D eigenvalue weighted by Gasteiger charge is 2.17. The topological polar surface area (TPSA) is 41.6 Å². The Morgan fingerprint density at radius 3 is 2.06 bits per heavy atom. The summed E-state index contributed by atoms with van der Waals surface area (Å²) in [6.07, 6.45) is 5.28. The molecule has 2 aromatic carbocycles. The number of rotatable bonds is 13. The van der Waals surface area contributed by atoms with Gasteiger partial charge in [0.1, 0.15) is 5.75 Å². The Hall–Kier alpha value is -2.49. The van der Waals surface area contributed by atoms with Gasteiger partial charge >= 0.3 is 0 Å². The van der Waals surface area contributed by atoms with Gasteiger partial charge in [-0.25, -0.2) is 0 Å². The highest BCUT2D eigenvalue weighted by molar-refractivity contribution is 5.93. The van der Waals surface area contributed by atoms with Crippen molar-refractivity contribution in [2.24, 2.45) is 0 Å². The van der Waals surface area contributed by atoms with E-state index in [1.807, 2.05) is 12.1 Å². The lowest BCUT2D eigenvalue weighted by molar-refractivity contribution is -0.116. The third-order valence-electron chi connectivity index (χ3n) is 5.97. The minimum Gasteiger partial charge on any atom is -0.497 e. The highest BCUT2D eigenvalue weighted by atomic mass is 16.5. The van der Waals surface area contributed by atoms with Gasteiger partial charge in [0.25, 0.3) is 0 Å². The summed E-state index contributed by atoms with van der Waals surface area (Å²) in [5.41, 5.74) is 4.55. The Bertz CT molecular complexity index is 802. The molecule has 2 aromatic rings. The van der Waals surface area contributed by atoms with Crippen LogP contribution in [0.25, 0.3) is 0 Å². The first kappa shape index (κ1) is 25.8. The molecule has 4 nitrogen and oxygen atoms in total. The molecule has 176 valence electrons. The van der Waals surface area contributed by atoms with E-state index in [2.05, 4.69) is 75.2 Å². The fraction of sp³-hybridized carbons (Fsp3) is 0.536. The lowest BCUT2D eigenvalue weighted by Crippen LogP contribution is -2.29. The third kappa shape index (κ3) is 7.58. The van der Waals surface area contributed by atoms with Gasteiger partial charge in [-0.15, -0.1) is 0 Å². The van der Waals surface area contributed by atoms with Gasteiger partial charge in [-0.2, -0.15) is 0 Å². The van der Waals surface area contributed by atoms with Gasteiger partial charge in [-0.3, -0.25) is 4.79 Å². The third-order valence-corrected chi connectivity index (χ3v) is 5.97. The molecular formula is C28H42N2O2. The molecule has 0 fully saturated rings. The number of unbranched alkanes of at least 4 members (excludes halogenated alkanes) is 3. The number of nitrogens with zero attached hydrogens (tertiary/aromatic N) is 1. The number of hydrogen-bond acceptors (Lipinski definition) is 3. The second-order valence-corrected chi connectivity index (χ2v) is 9.16. The van der Waals surface area contributed by atoms with Crippen LogP contribution < -0.4 is 15.0 Å². The van der Waals surface area contributed by atoms with Crippen molar-refractivity contribution in [1.82, 2.24) is 0 Å².